The molecule has 0 atom stereocenters. The molecule has 3 nitrogen and oxygen atoms in total. The topological polar surface area (TPSA) is 17.4 Å². The Hall–Kier alpha value is -9.12. The average Bonchev–Trinajstić information content (AvgIpc) is 0.777. The van der Waals surface area contributed by atoms with Gasteiger partial charge in [0.2, 0.25) is 6.71 Å². The van der Waals surface area contributed by atoms with Crippen molar-refractivity contribution in [1.82, 2.24) is 4.57 Å². The minimum Gasteiger partial charge on any atom is -0.457 e. The summed E-state index contributed by atoms with van der Waals surface area (Å²) >= 11 is 0. The molecule has 1 spiro atoms. The second kappa shape index (κ2) is 21.4. The molecule has 0 saturated carbocycles. The first-order valence-electron chi connectivity index (χ1n) is 34.6. The maximum atomic E-state index is 7.21. The SMILES string of the molecule is CC(C)(C)c1cc(-c2ccc3c(c2)C2(c4ccccc4Oc4ccccc42)c2cc(C(C)(C)C)cc4c2B3c2ccc(-n3c5ccc(C(C)(C)C)cc5c5cc(C(C)(C)C)ccc53)cc2N4c2c(-c3ccccc3)cc(C(C)(C)C)cc2-c2ccccc2)cc(C(C)(C)C)c1. The molecule has 12 aromatic rings. The Morgan fingerprint density at radius 2 is 0.768 bits per heavy atom. The van der Waals surface area contributed by atoms with Crippen molar-refractivity contribution in [3.05, 3.63) is 280 Å². The fourth-order valence-corrected chi connectivity index (χ4v) is 15.7. The van der Waals surface area contributed by atoms with Gasteiger partial charge < -0.3 is 14.2 Å². The van der Waals surface area contributed by atoms with Crippen molar-refractivity contribution in [3.63, 3.8) is 0 Å². The van der Waals surface area contributed by atoms with Gasteiger partial charge in [0, 0.05) is 50.1 Å². The first kappa shape index (κ1) is 62.0. The molecule has 0 aliphatic carbocycles. The normalized spacial score (nSPS) is 14.3. The minimum atomic E-state index is -0.836. The Balaban J connectivity index is 1.14. The lowest BCUT2D eigenvalue weighted by molar-refractivity contribution is 0.435. The number of aromatic nitrogens is 1. The van der Waals surface area contributed by atoms with Crippen LogP contribution in [-0.4, -0.2) is 11.3 Å². The number of para-hydroxylation sites is 2. The van der Waals surface area contributed by atoms with Gasteiger partial charge >= 0.3 is 0 Å². The standard InChI is InChI=1S/C91H91BN2O/c1-85(2,3)60-38-43-77-69(49-60)70-50-61(86(4,5)6)39-44-78(70)93(77)66-40-42-76-79(55-66)94(84-67(56-29-21-19-22-30-56)51-64(89(13,14)15)52-68(84)57-31-23-20-24-32-57)80-54-65(90(16,17)18)53-74-83(80)92(76)75-41-37-58(59-45-62(87(7,8)9)48-63(46-59)88(10,11)12)47-73(75)91(74)71-33-25-27-35-81(71)95-82-36-28-26-34-72(82)91/h19-55H,1-18H3. The Morgan fingerprint density at radius 3 is 1.26 bits per heavy atom. The summed E-state index contributed by atoms with van der Waals surface area (Å²) in [6.45, 7) is 42.2. The third-order valence-electron chi connectivity index (χ3n) is 21.2. The van der Waals surface area contributed by atoms with Crippen LogP contribution in [0.2, 0.25) is 0 Å². The molecule has 3 aliphatic rings. The summed E-state index contributed by atoms with van der Waals surface area (Å²) in [4.78, 5) is 2.75. The predicted molar refractivity (Wildman–Crippen MR) is 407 cm³/mol. The summed E-state index contributed by atoms with van der Waals surface area (Å²) in [6, 6.07) is 87.6. The Bertz CT molecular complexity index is 4880. The molecule has 15 rings (SSSR count). The van der Waals surface area contributed by atoms with E-state index in [4.69, 9.17) is 4.74 Å². The number of anilines is 3. The fourth-order valence-electron chi connectivity index (χ4n) is 15.7. The number of nitrogens with zero attached hydrogens (tertiary/aromatic N) is 2. The van der Waals surface area contributed by atoms with E-state index >= 15 is 0 Å². The highest BCUT2D eigenvalue weighted by Crippen LogP contribution is 2.59. The molecule has 1 aromatic heterocycles. The number of rotatable bonds is 5. The Labute approximate surface area is 566 Å². The zero-order chi connectivity index (χ0) is 66.8. The molecule has 95 heavy (non-hydrogen) atoms. The van der Waals surface area contributed by atoms with Crippen molar-refractivity contribution in [3.8, 4) is 50.6 Å². The number of hydrogen-bond donors (Lipinski definition) is 0. The molecule has 0 N–H and O–H groups in total. The fraction of sp³-hybridized carbons (Fsp3) is 0.275. The lowest BCUT2D eigenvalue weighted by atomic mass is 9.29. The van der Waals surface area contributed by atoms with Crippen LogP contribution in [0.3, 0.4) is 0 Å². The molecular formula is C91H91BN2O. The third-order valence-corrected chi connectivity index (χ3v) is 21.2. The molecule has 474 valence electrons. The van der Waals surface area contributed by atoms with Crippen LogP contribution in [0.4, 0.5) is 17.1 Å². The summed E-state index contributed by atoms with van der Waals surface area (Å²) < 4.78 is 9.78. The molecule has 11 aromatic carbocycles. The summed E-state index contributed by atoms with van der Waals surface area (Å²) in [5.74, 6) is 1.76. The molecule has 0 unspecified atom stereocenters. The van der Waals surface area contributed by atoms with E-state index in [1.807, 2.05) is 0 Å². The molecule has 0 radical (unpaired) electrons. The van der Waals surface area contributed by atoms with E-state index in [1.165, 1.54) is 122 Å². The quantitative estimate of drug-likeness (QED) is 0.160. The first-order valence-corrected chi connectivity index (χ1v) is 34.6. The van der Waals surface area contributed by atoms with Gasteiger partial charge in [0.25, 0.3) is 0 Å². The maximum absolute atomic E-state index is 7.21. The molecular weight excluding hydrogens is 1150 g/mol. The second-order valence-electron chi connectivity index (χ2n) is 33.9. The zero-order valence-corrected chi connectivity index (χ0v) is 59.2. The smallest absolute Gasteiger partial charge is 0.247 e. The van der Waals surface area contributed by atoms with Crippen molar-refractivity contribution in [2.75, 3.05) is 4.90 Å². The van der Waals surface area contributed by atoms with Gasteiger partial charge in [-0.05, 0) is 177 Å². The van der Waals surface area contributed by atoms with E-state index in [2.05, 4.69) is 359 Å². The van der Waals surface area contributed by atoms with Gasteiger partial charge in [-0.2, -0.15) is 0 Å². The van der Waals surface area contributed by atoms with Gasteiger partial charge in [0.15, 0.2) is 0 Å². The highest BCUT2D eigenvalue weighted by atomic mass is 16.5. The highest BCUT2D eigenvalue weighted by Gasteiger charge is 2.55. The van der Waals surface area contributed by atoms with E-state index in [0.717, 1.165) is 39.7 Å². The van der Waals surface area contributed by atoms with E-state index < -0.39 is 5.41 Å². The van der Waals surface area contributed by atoms with Gasteiger partial charge in [-0.25, -0.2) is 0 Å². The van der Waals surface area contributed by atoms with Gasteiger partial charge in [0.1, 0.15) is 11.5 Å². The van der Waals surface area contributed by atoms with Crippen LogP contribution in [0, 0.1) is 0 Å². The number of hydrogen-bond acceptors (Lipinski definition) is 2. The predicted octanol–water partition coefficient (Wildman–Crippen LogP) is 22.7. The lowest BCUT2D eigenvalue weighted by Gasteiger charge is -2.51. The van der Waals surface area contributed by atoms with Crippen molar-refractivity contribution in [2.45, 2.75) is 163 Å². The largest absolute Gasteiger partial charge is 0.457 e. The molecule has 3 aliphatic heterocycles. The van der Waals surface area contributed by atoms with E-state index in [0.29, 0.717) is 0 Å². The van der Waals surface area contributed by atoms with Crippen LogP contribution >= 0.6 is 0 Å². The first-order chi connectivity index (χ1) is 44.9. The molecule has 0 saturated heterocycles. The van der Waals surface area contributed by atoms with Gasteiger partial charge in [-0.3, -0.25) is 0 Å². The van der Waals surface area contributed by atoms with E-state index in [-0.39, 0.29) is 39.2 Å². The third kappa shape index (κ3) is 10.0. The lowest BCUT2D eigenvalue weighted by Crippen LogP contribution is -2.65. The van der Waals surface area contributed by atoms with Crippen LogP contribution in [0.25, 0.3) is 60.9 Å². The highest BCUT2D eigenvalue weighted by molar-refractivity contribution is 6.99. The number of fused-ring (bicyclic) bond motifs is 13. The van der Waals surface area contributed by atoms with Crippen molar-refractivity contribution >= 4 is 62.0 Å². The van der Waals surface area contributed by atoms with Crippen molar-refractivity contribution in [2.24, 2.45) is 0 Å². The maximum Gasteiger partial charge on any atom is 0.247 e. The molecule has 4 heterocycles. The van der Waals surface area contributed by atoms with Gasteiger partial charge in [-0.1, -0.05) is 288 Å². The van der Waals surface area contributed by atoms with Crippen LogP contribution in [-0.2, 0) is 37.9 Å². The molecule has 0 bridgehead atoms. The summed E-state index contributed by atoms with van der Waals surface area (Å²) in [7, 11) is 0. The van der Waals surface area contributed by atoms with Crippen LogP contribution in [0.5, 0.6) is 11.5 Å². The van der Waals surface area contributed by atoms with Crippen molar-refractivity contribution < 1.29 is 4.74 Å². The van der Waals surface area contributed by atoms with Crippen LogP contribution in [0.15, 0.2) is 224 Å². The summed E-state index contributed by atoms with van der Waals surface area (Å²) in [5, 5.41) is 2.55. The van der Waals surface area contributed by atoms with E-state index in [9.17, 15) is 0 Å². The number of ether oxygens (including phenoxy) is 1. The van der Waals surface area contributed by atoms with Gasteiger partial charge in [0.05, 0.1) is 22.1 Å². The Kier molecular flexibility index (Phi) is 14.0. The van der Waals surface area contributed by atoms with Crippen LogP contribution < -0.4 is 26.0 Å². The monoisotopic (exact) mass is 1240 g/mol. The molecule has 0 amide bonds. The average molecular weight is 1240 g/mol. The van der Waals surface area contributed by atoms with Crippen molar-refractivity contribution in [1.29, 1.82) is 0 Å². The number of benzene rings is 11. The second-order valence-corrected chi connectivity index (χ2v) is 33.9. The van der Waals surface area contributed by atoms with Crippen LogP contribution in [0.1, 0.15) is 180 Å². The Morgan fingerprint density at radius 1 is 0.316 bits per heavy atom. The van der Waals surface area contributed by atoms with Gasteiger partial charge in [-0.15, -0.1) is 0 Å². The summed E-state index contributed by atoms with van der Waals surface area (Å²) in [6.07, 6.45) is 0. The molecule has 4 heteroatoms. The minimum absolute atomic E-state index is 0.0412. The van der Waals surface area contributed by atoms with E-state index in [1.54, 1.807) is 0 Å². The summed E-state index contributed by atoms with van der Waals surface area (Å²) in [5.41, 5.74) is 29.3. The molecule has 0 fully saturated rings. The zero-order valence-electron chi connectivity index (χ0n) is 59.2.